The molecule has 0 aromatic carbocycles. The van der Waals surface area contributed by atoms with Gasteiger partial charge in [-0.2, -0.15) is 0 Å². The average molecular weight is 257 g/mol. The lowest BCUT2D eigenvalue weighted by atomic mass is 9.65. The van der Waals surface area contributed by atoms with Gasteiger partial charge in [0.1, 0.15) is 11.9 Å². The number of ketones is 1. The lowest BCUT2D eigenvalue weighted by molar-refractivity contribution is -0.154. The molecule has 0 heterocycles. The molecule has 1 aliphatic rings. The summed E-state index contributed by atoms with van der Waals surface area (Å²) >= 11 is 5.80. The minimum absolute atomic E-state index is 0.200. The van der Waals surface area contributed by atoms with Crippen LogP contribution in [0.3, 0.4) is 0 Å². The first-order valence-corrected chi connectivity index (χ1v) is 6.10. The summed E-state index contributed by atoms with van der Waals surface area (Å²) in [7, 11) is 0. The highest BCUT2D eigenvalue weighted by molar-refractivity contribution is 6.31. The van der Waals surface area contributed by atoms with Crippen LogP contribution in [0.4, 0.5) is 0 Å². The molecule has 0 radical (unpaired) electrons. The highest BCUT2D eigenvalue weighted by Gasteiger charge is 2.52. The van der Waals surface area contributed by atoms with Crippen LogP contribution in [0.5, 0.6) is 0 Å². The summed E-state index contributed by atoms with van der Waals surface area (Å²) in [4.78, 5) is 23.3. The van der Waals surface area contributed by atoms with Crippen molar-refractivity contribution in [2.24, 2.45) is 5.41 Å². The molecule has 0 saturated carbocycles. The first kappa shape index (κ1) is 14.1. The molecule has 17 heavy (non-hydrogen) atoms. The van der Waals surface area contributed by atoms with Gasteiger partial charge in [0.05, 0.1) is 5.41 Å². The molecule has 0 unspecified atom stereocenters. The van der Waals surface area contributed by atoms with Crippen LogP contribution in [-0.4, -0.2) is 22.8 Å². The first-order chi connectivity index (χ1) is 7.95. The second kappa shape index (κ2) is 5.15. The van der Waals surface area contributed by atoms with Crippen LogP contribution in [0.15, 0.2) is 23.3 Å². The van der Waals surface area contributed by atoms with Gasteiger partial charge in [-0.1, -0.05) is 37.6 Å². The summed E-state index contributed by atoms with van der Waals surface area (Å²) < 4.78 is 0. The molecular weight excluding hydrogens is 240 g/mol. The van der Waals surface area contributed by atoms with Gasteiger partial charge >= 0.3 is 0 Å². The summed E-state index contributed by atoms with van der Waals surface area (Å²) in [6.07, 6.45) is 6.06. The van der Waals surface area contributed by atoms with Gasteiger partial charge in [-0.15, -0.1) is 0 Å². The quantitative estimate of drug-likeness (QED) is 0.769. The molecule has 1 rings (SSSR count). The summed E-state index contributed by atoms with van der Waals surface area (Å²) in [6, 6.07) is 0. The molecule has 1 aliphatic carbocycles. The van der Waals surface area contributed by atoms with Crippen LogP contribution in [0.2, 0.25) is 0 Å². The SMILES string of the molecule is CCC(=O)[C@](O)(CC)[C@]1(C=O)C=CC(Cl)=CC1. The van der Waals surface area contributed by atoms with E-state index < -0.39 is 11.0 Å². The molecule has 4 heteroatoms. The van der Waals surface area contributed by atoms with Crippen LogP contribution in [0.1, 0.15) is 33.1 Å². The number of carbonyl (C=O) groups excluding carboxylic acids is 2. The predicted molar refractivity (Wildman–Crippen MR) is 66.7 cm³/mol. The average Bonchev–Trinajstić information content (AvgIpc) is 2.38. The Morgan fingerprint density at radius 2 is 2.29 bits per heavy atom. The van der Waals surface area contributed by atoms with E-state index >= 15 is 0 Å². The van der Waals surface area contributed by atoms with Crippen molar-refractivity contribution in [3.05, 3.63) is 23.3 Å². The standard InChI is InChI=1S/C13H17ClO3/c1-3-11(16)13(17,4-2)12(9-15)7-5-10(14)6-8-12/h5-7,9,17H,3-4,8H2,1-2H3/t12-,13-/m1/s1. The van der Waals surface area contributed by atoms with Crippen molar-refractivity contribution < 1.29 is 14.7 Å². The number of carbonyl (C=O) groups is 2. The Hall–Kier alpha value is -0.930. The fraction of sp³-hybridized carbons (Fsp3) is 0.538. The van der Waals surface area contributed by atoms with Crippen LogP contribution in [0, 0.1) is 5.41 Å². The molecular formula is C13H17ClO3. The van der Waals surface area contributed by atoms with Crippen molar-refractivity contribution in [1.29, 1.82) is 0 Å². The number of allylic oxidation sites excluding steroid dienone is 3. The molecule has 0 amide bonds. The molecule has 0 fully saturated rings. The van der Waals surface area contributed by atoms with E-state index in [0.29, 0.717) is 11.3 Å². The molecule has 0 bridgehead atoms. The van der Waals surface area contributed by atoms with Gasteiger partial charge < -0.3 is 9.90 Å². The van der Waals surface area contributed by atoms with E-state index in [1.165, 1.54) is 0 Å². The smallest absolute Gasteiger partial charge is 0.165 e. The van der Waals surface area contributed by atoms with Crippen molar-refractivity contribution in [2.75, 3.05) is 0 Å². The van der Waals surface area contributed by atoms with Crippen molar-refractivity contribution in [1.82, 2.24) is 0 Å². The zero-order valence-corrected chi connectivity index (χ0v) is 10.8. The summed E-state index contributed by atoms with van der Waals surface area (Å²) in [5.74, 6) is -0.317. The molecule has 0 aliphatic heterocycles. The number of hydrogen-bond acceptors (Lipinski definition) is 3. The summed E-state index contributed by atoms with van der Waals surface area (Å²) in [6.45, 7) is 3.38. The minimum atomic E-state index is -1.64. The molecule has 0 spiro atoms. The Bertz CT molecular complexity index is 386. The maximum Gasteiger partial charge on any atom is 0.165 e. The van der Waals surface area contributed by atoms with E-state index in [2.05, 4.69) is 0 Å². The number of aliphatic hydroxyl groups is 1. The molecule has 0 aromatic heterocycles. The maximum absolute atomic E-state index is 11.9. The van der Waals surface area contributed by atoms with E-state index in [1.54, 1.807) is 32.1 Å². The monoisotopic (exact) mass is 256 g/mol. The summed E-state index contributed by atoms with van der Waals surface area (Å²) in [5, 5.41) is 11.1. The largest absolute Gasteiger partial charge is 0.381 e. The lowest BCUT2D eigenvalue weighted by Crippen LogP contribution is -2.54. The Morgan fingerprint density at radius 3 is 2.65 bits per heavy atom. The zero-order valence-electron chi connectivity index (χ0n) is 10.1. The zero-order chi connectivity index (χ0) is 13.1. The second-order valence-electron chi connectivity index (χ2n) is 4.28. The molecule has 2 atom stereocenters. The van der Waals surface area contributed by atoms with Crippen LogP contribution in [0.25, 0.3) is 0 Å². The Labute approximate surface area is 106 Å². The lowest BCUT2D eigenvalue weighted by Gasteiger charge is -2.40. The molecule has 94 valence electrons. The maximum atomic E-state index is 11.9. The van der Waals surface area contributed by atoms with Crippen molar-refractivity contribution >= 4 is 23.7 Å². The van der Waals surface area contributed by atoms with Crippen LogP contribution < -0.4 is 0 Å². The number of hydrogen-bond donors (Lipinski definition) is 1. The third-order valence-electron chi connectivity index (χ3n) is 3.45. The van der Waals surface area contributed by atoms with Gasteiger partial charge in [-0.25, -0.2) is 0 Å². The fourth-order valence-corrected chi connectivity index (χ4v) is 2.34. The van der Waals surface area contributed by atoms with Gasteiger partial charge in [-0.3, -0.25) is 4.79 Å². The highest BCUT2D eigenvalue weighted by atomic mass is 35.5. The van der Waals surface area contributed by atoms with Crippen molar-refractivity contribution in [3.63, 3.8) is 0 Å². The van der Waals surface area contributed by atoms with E-state index in [-0.39, 0.29) is 25.0 Å². The fourth-order valence-electron chi connectivity index (χ4n) is 2.20. The van der Waals surface area contributed by atoms with Crippen molar-refractivity contribution in [2.45, 2.75) is 38.7 Å². The number of aldehydes is 1. The molecule has 0 aromatic rings. The van der Waals surface area contributed by atoms with E-state index in [9.17, 15) is 14.7 Å². The molecule has 0 saturated heterocycles. The molecule has 1 N–H and O–H groups in total. The summed E-state index contributed by atoms with van der Waals surface area (Å²) in [5.41, 5.74) is -2.83. The van der Waals surface area contributed by atoms with Gasteiger partial charge in [0.25, 0.3) is 0 Å². The third-order valence-corrected chi connectivity index (χ3v) is 3.73. The van der Waals surface area contributed by atoms with E-state index in [1.807, 2.05) is 0 Å². The minimum Gasteiger partial charge on any atom is -0.381 e. The topological polar surface area (TPSA) is 54.4 Å². The van der Waals surface area contributed by atoms with E-state index in [0.717, 1.165) is 0 Å². The van der Waals surface area contributed by atoms with Gasteiger partial charge in [-0.05, 0) is 18.9 Å². The Kier molecular flexibility index (Phi) is 4.28. The Morgan fingerprint density at radius 1 is 1.65 bits per heavy atom. The predicted octanol–water partition coefficient (Wildman–Crippen LogP) is 2.37. The second-order valence-corrected chi connectivity index (χ2v) is 4.71. The third kappa shape index (κ3) is 2.22. The Balaban J connectivity index is 3.21. The first-order valence-electron chi connectivity index (χ1n) is 5.72. The van der Waals surface area contributed by atoms with E-state index in [4.69, 9.17) is 11.6 Å². The van der Waals surface area contributed by atoms with Gasteiger partial charge in [0.15, 0.2) is 5.78 Å². The molecule has 3 nitrogen and oxygen atoms in total. The van der Waals surface area contributed by atoms with Crippen LogP contribution in [-0.2, 0) is 9.59 Å². The number of rotatable bonds is 5. The van der Waals surface area contributed by atoms with Gasteiger partial charge in [0, 0.05) is 11.5 Å². The highest BCUT2D eigenvalue weighted by Crippen LogP contribution is 2.42. The normalized spacial score (nSPS) is 27.2. The number of Topliss-reactive ketones (excluding diaryl/α,β-unsaturated/α-hetero) is 1. The van der Waals surface area contributed by atoms with Crippen LogP contribution >= 0.6 is 11.6 Å². The van der Waals surface area contributed by atoms with Gasteiger partial charge in [0.2, 0.25) is 0 Å². The number of halogens is 1. The van der Waals surface area contributed by atoms with Crippen molar-refractivity contribution in [3.8, 4) is 0 Å².